The quantitative estimate of drug-likeness (QED) is 0.673. The summed E-state index contributed by atoms with van der Waals surface area (Å²) >= 11 is 0. The molecule has 1 aliphatic rings. The van der Waals surface area contributed by atoms with Crippen molar-refractivity contribution in [2.45, 2.75) is 32.9 Å². The van der Waals surface area contributed by atoms with E-state index in [1.165, 1.54) is 32.5 Å². The Balaban J connectivity index is 0.00000121. The average molecular weight is 193 g/mol. The molecule has 1 unspecified atom stereocenters. The maximum absolute atomic E-state index is 2.56. The van der Waals surface area contributed by atoms with Crippen LogP contribution in [0.5, 0.6) is 0 Å². The van der Waals surface area contributed by atoms with E-state index in [4.69, 9.17) is 0 Å². The van der Waals surface area contributed by atoms with E-state index in [9.17, 15) is 0 Å². The van der Waals surface area contributed by atoms with E-state index >= 15 is 0 Å². The van der Waals surface area contributed by atoms with Gasteiger partial charge in [-0.2, -0.15) is 0 Å². The van der Waals surface area contributed by atoms with Gasteiger partial charge in [-0.15, -0.1) is 12.4 Å². The van der Waals surface area contributed by atoms with Crippen LogP contribution in [0.3, 0.4) is 0 Å². The zero-order chi connectivity index (χ0) is 8.27. The summed E-state index contributed by atoms with van der Waals surface area (Å²) in [6.07, 6.45) is 3.33. The van der Waals surface area contributed by atoms with E-state index in [-0.39, 0.29) is 12.4 Å². The van der Waals surface area contributed by atoms with Gasteiger partial charge < -0.3 is 0 Å². The molecule has 2 nitrogen and oxygen atoms in total. The van der Waals surface area contributed by atoms with Gasteiger partial charge in [0, 0.05) is 13.1 Å². The van der Waals surface area contributed by atoms with Crippen molar-refractivity contribution in [3.63, 3.8) is 0 Å². The van der Waals surface area contributed by atoms with E-state index in [1.54, 1.807) is 0 Å². The van der Waals surface area contributed by atoms with Crippen molar-refractivity contribution in [2.24, 2.45) is 0 Å². The summed E-state index contributed by atoms with van der Waals surface area (Å²) in [7, 11) is 2.20. The second-order valence-corrected chi connectivity index (χ2v) is 3.50. The highest BCUT2D eigenvalue weighted by atomic mass is 35.5. The molecule has 1 atom stereocenters. The second-order valence-electron chi connectivity index (χ2n) is 3.50. The molecule has 0 bridgehead atoms. The zero-order valence-corrected chi connectivity index (χ0v) is 9.23. The molecule has 0 aromatic heterocycles. The van der Waals surface area contributed by atoms with Gasteiger partial charge in [0.25, 0.3) is 0 Å². The van der Waals surface area contributed by atoms with Gasteiger partial charge in [-0.1, -0.05) is 13.3 Å². The van der Waals surface area contributed by atoms with Gasteiger partial charge in [0.15, 0.2) is 0 Å². The van der Waals surface area contributed by atoms with Crippen molar-refractivity contribution < 1.29 is 0 Å². The van der Waals surface area contributed by atoms with Gasteiger partial charge in [0.05, 0.1) is 6.17 Å². The molecule has 1 heterocycles. The van der Waals surface area contributed by atoms with Crippen LogP contribution in [0.1, 0.15) is 26.7 Å². The molecule has 1 fully saturated rings. The molecule has 1 saturated heterocycles. The molecule has 0 aromatic carbocycles. The van der Waals surface area contributed by atoms with Crippen molar-refractivity contribution in [1.82, 2.24) is 9.80 Å². The van der Waals surface area contributed by atoms with E-state index < -0.39 is 0 Å². The van der Waals surface area contributed by atoms with Crippen LogP contribution in [-0.4, -0.2) is 42.6 Å². The van der Waals surface area contributed by atoms with Crippen LogP contribution in [0.2, 0.25) is 0 Å². The van der Waals surface area contributed by atoms with E-state index in [2.05, 4.69) is 30.7 Å². The largest absolute Gasteiger partial charge is 0.290 e. The summed E-state index contributed by atoms with van der Waals surface area (Å²) in [5.74, 6) is 0. The van der Waals surface area contributed by atoms with Crippen molar-refractivity contribution in [3.8, 4) is 0 Å². The van der Waals surface area contributed by atoms with Gasteiger partial charge in [-0.25, -0.2) is 0 Å². The van der Waals surface area contributed by atoms with Crippen LogP contribution in [0.15, 0.2) is 0 Å². The van der Waals surface area contributed by atoms with Gasteiger partial charge in [0.2, 0.25) is 0 Å². The standard InChI is InChI=1S/C9H20N2.ClH/c1-4-5-6-11-8-7-10(3)9(11)2;/h9H,4-8H2,1-3H3;1H. The van der Waals surface area contributed by atoms with Crippen molar-refractivity contribution >= 4 is 12.4 Å². The van der Waals surface area contributed by atoms with Gasteiger partial charge in [-0.05, 0) is 26.9 Å². The highest BCUT2D eigenvalue weighted by Crippen LogP contribution is 2.11. The highest BCUT2D eigenvalue weighted by Gasteiger charge is 2.23. The molecular weight excluding hydrogens is 172 g/mol. The van der Waals surface area contributed by atoms with Crippen LogP contribution in [0.4, 0.5) is 0 Å². The number of likely N-dealkylation sites (N-methyl/N-ethyl adjacent to an activating group) is 1. The lowest BCUT2D eigenvalue weighted by molar-refractivity contribution is 0.175. The molecule has 1 rings (SSSR count). The SMILES string of the molecule is CCCCN1CCN(C)C1C.Cl. The summed E-state index contributed by atoms with van der Waals surface area (Å²) < 4.78 is 0. The maximum atomic E-state index is 2.56. The molecular formula is C9H21ClN2. The van der Waals surface area contributed by atoms with E-state index in [0.29, 0.717) is 6.17 Å². The third-order valence-corrected chi connectivity index (χ3v) is 2.71. The molecule has 0 N–H and O–H groups in total. The Morgan fingerprint density at radius 2 is 2.00 bits per heavy atom. The zero-order valence-electron chi connectivity index (χ0n) is 8.42. The fraction of sp³-hybridized carbons (Fsp3) is 1.00. The number of hydrogen-bond donors (Lipinski definition) is 0. The summed E-state index contributed by atoms with van der Waals surface area (Å²) in [6, 6.07) is 0. The molecule has 0 saturated carbocycles. The fourth-order valence-corrected chi connectivity index (χ4v) is 1.60. The molecule has 0 radical (unpaired) electrons. The predicted octanol–water partition coefficient (Wildman–Crippen LogP) is 1.80. The Morgan fingerprint density at radius 1 is 1.33 bits per heavy atom. The third kappa shape index (κ3) is 2.92. The second kappa shape index (κ2) is 5.79. The number of nitrogens with zero attached hydrogens (tertiary/aromatic N) is 2. The van der Waals surface area contributed by atoms with Crippen LogP contribution in [0, 0.1) is 0 Å². The van der Waals surface area contributed by atoms with Crippen molar-refractivity contribution in [2.75, 3.05) is 26.7 Å². The van der Waals surface area contributed by atoms with Crippen LogP contribution in [0.25, 0.3) is 0 Å². The van der Waals surface area contributed by atoms with Gasteiger partial charge >= 0.3 is 0 Å². The first kappa shape index (κ1) is 12.2. The monoisotopic (exact) mass is 192 g/mol. The number of halogens is 1. The van der Waals surface area contributed by atoms with Gasteiger partial charge in [-0.3, -0.25) is 9.80 Å². The first-order valence-electron chi connectivity index (χ1n) is 4.70. The predicted molar refractivity (Wildman–Crippen MR) is 55.8 cm³/mol. The van der Waals surface area contributed by atoms with E-state index in [1.807, 2.05) is 0 Å². The molecule has 0 aliphatic carbocycles. The first-order valence-corrected chi connectivity index (χ1v) is 4.70. The number of unbranched alkanes of at least 4 members (excludes halogenated alkanes) is 1. The summed E-state index contributed by atoms with van der Waals surface area (Å²) in [5, 5.41) is 0. The maximum Gasteiger partial charge on any atom is 0.0591 e. The van der Waals surface area contributed by atoms with Crippen LogP contribution >= 0.6 is 12.4 Å². The molecule has 1 aliphatic heterocycles. The Morgan fingerprint density at radius 3 is 2.42 bits per heavy atom. The minimum absolute atomic E-state index is 0. The normalized spacial score (nSPS) is 25.8. The van der Waals surface area contributed by atoms with Gasteiger partial charge in [0.1, 0.15) is 0 Å². The summed E-state index contributed by atoms with van der Waals surface area (Å²) in [5.41, 5.74) is 0. The molecule has 12 heavy (non-hydrogen) atoms. The van der Waals surface area contributed by atoms with Crippen molar-refractivity contribution in [1.29, 1.82) is 0 Å². The lowest BCUT2D eigenvalue weighted by atomic mass is 10.3. The summed E-state index contributed by atoms with van der Waals surface area (Å²) in [4.78, 5) is 4.97. The highest BCUT2D eigenvalue weighted by molar-refractivity contribution is 5.85. The minimum Gasteiger partial charge on any atom is -0.290 e. The van der Waals surface area contributed by atoms with Crippen LogP contribution < -0.4 is 0 Å². The minimum atomic E-state index is 0. The number of rotatable bonds is 3. The lowest BCUT2D eigenvalue weighted by Crippen LogP contribution is -2.34. The van der Waals surface area contributed by atoms with E-state index in [0.717, 1.165) is 0 Å². The lowest BCUT2D eigenvalue weighted by Gasteiger charge is -2.23. The third-order valence-electron chi connectivity index (χ3n) is 2.71. The molecule has 3 heteroatoms. The fourth-order valence-electron chi connectivity index (χ4n) is 1.60. The Bertz CT molecular complexity index is 119. The molecule has 0 spiro atoms. The Hall–Kier alpha value is 0.210. The smallest absolute Gasteiger partial charge is 0.0591 e. The molecule has 74 valence electrons. The topological polar surface area (TPSA) is 6.48 Å². The number of hydrogen-bond acceptors (Lipinski definition) is 2. The Kier molecular flexibility index (Phi) is 5.89. The van der Waals surface area contributed by atoms with Crippen LogP contribution in [-0.2, 0) is 0 Å². The summed E-state index contributed by atoms with van der Waals surface area (Å²) in [6.45, 7) is 8.33. The Labute approximate surface area is 82.3 Å². The van der Waals surface area contributed by atoms with Crippen molar-refractivity contribution in [3.05, 3.63) is 0 Å². The first-order chi connectivity index (χ1) is 5.25. The average Bonchev–Trinajstić information content (AvgIpc) is 2.31. The molecule has 0 amide bonds. The molecule has 0 aromatic rings.